The van der Waals surface area contributed by atoms with Gasteiger partial charge in [-0.15, -0.1) is 0 Å². The zero-order valence-electron chi connectivity index (χ0n) is 9.98. The predicted molar refractivity (Wildman–Crippen MR) is 60.5 cm³/mol. The Labute approximate surface area is 96.9 Å². The summed E-state index contributed by atoms with van der Waals surface area (Å²) in [7, 11) is 1.63. The Kier molecular flexibility index (Phi) is 3.95. The van der Waals surface area contributed by atoms with Crippen molar-refractivity contribution in [2.45, 2.75) is 37.4 Å². The van der Waals surface area contributed by atoms with Gasteiger partial charge >= 0.3 is 0 Å². The topological polar surface area (TPSA) is 38.8 Å². The summed E-state index contributed by atoms with van der Waals surface area (Å²) >= 11 is 0. The van der Waals surface area contributed by atoms with Gasteiger partial charge in [-0.2, -0.15) is 0 Å². The molecule has 2 saturated heterocycles. The van der Waals surface area contributed by atoms with Crippen LogP contribution >= 0.6 is 0 Å². The molecule has 0 spiro atoms. The molecule has 0 radical (unpaired) electrons. The highest BCUT2D eigenvalue weighted by atomic mass is 16.5. The van der Waals surface area contributed by atoms with E-state index in [4.69, 9.17) is 9.47 Å². The first kappa shape index (κ1) is 12.0. The number of hydrogen-bond donors (Lipinski definition) is 0. The zero-order valence-corrected chi connectivity index (χ0v) is 9.98. The molecular formula is C12H21NO3. The highest BCUT2D eigenvalue weighted by Crippen LogP contribution is 2.24. The van der Waals surface area contributed by atoms with Crippen molar-refractivity contribution in [1.29, 1.82) is 0 Å². The van der Waals surface area contributed by atoms with Gasteiger partial charge in [0.1, 0.15) is 5.60 Å². The summed E-state index contributed by atoms with van der Waals surface area (Å²) in [4.78, 5) is 13.4. The smallest absolute Gasteiger partial charge is 0.151 e. The molecule has 2 fully saturated rings. The van der Waals surface area contributed by atoms with Crippen LogP contribution < -0.4 is 0 Å². The minimum absolute atomic E-state index is 0.409. The maximum absolute atomic E-state index is 11.0. The minimum Gasteiger partial charge on any atom is -0.377 e. The predicted octanol–water partition coefficient (Wildman–Crippen LogP) is 0.845. The van der Waals surface area contributed by atoms with E-state index in [-0.39, 0.29) is 0 Å². The maximum Gasteiger partial charge on any atom is 0.151 e. The van der Waals surface area contributed by atoms with E-state index in [0.717, 1.165) is 45.4 Å². The van der Waals surface area contributed by atoms with Gasteiger partial charge in [0.15, 0.2) is 6.29 Å². The van der Waals surface area contributed by atoms with Crippen LogP contribution in [0.1, 0.15) is 25.7 Å². The Morgan fingerprint density at radius 1 is 1.50 bits per heavy atom. The largest absolute Gasteiger partial charge is 0.377 e. The Morgan fingerprint density at radius 2 is 2.25 bits per heavy atom. The molecule has 0 aliphatic carbocycles. The van der Waals surface area contributed by atoms with Crippen LogP contribution in [0.15, 0.2) is 0 Å². The molecule has 4 nitrogen and oxygen atoms in total. The molecule has 0 aromatic heterocycles. The van der Waals surface area contributed by atoms with E-state index in [0.29, 0.717) is 6.10 Å². The Balaban J connectivity index is 1.78. The summed E-state index contributed by atoms with van der Waals surface area (Å²) in [5, 5.41) is 0. The molecule has 0 aromatic carbocycles. The van der Waals surface area contributed by atoms with Crippen molar-refractivity contribution in [1.82, 2.24) is 4.90 Å². The number of carbonyl (C=O) groups excluding carboxylic acids is 1. The second-order valence-electron chi connectivity index (χ2n) is 4.82. The molecule has 0 unspecified atom stereocenters. The monoisotopic (exact) mass is 227 g/mol. The number of methoxy groups -OCH3 is 1. The highest BCUT2D eigenvalue weighted by Gasteiger charge is 2.35. The van der Waals surface area contributed by atoms with E-state index in [9.17, 15) is 4.79 Å². The number of piperidine rings is 1. The number of hydrogen-bond acceptors (Lipinski definition) is 4. The van der Waals surface area contributed by atoms with Crippen molar-refractivity contribution in [2.75, 3.05) is 33.4 Å². The number of aldehydes is 1. The van der Waals surface area contributed by atoms with Gasteiger partial charge in [-0.05, 0) is 25.7 Å². The summed E-state index contributed by atoms with van der Waals surface area (Å²) in [6.45, 7) is 3.80. The summed E-state index contributed by atoms with van der Waals surface area (Å²) in [6.07, 6.45) is 5.36. The van der Waals surface area contributed by atoms with E-state index in [2.05, 4.69) is 4.90 Å². The van der Waals surface area contributed by atoms with E-state index < -0.39 is 5.60 Å². The molecule has 0 bridgehead atoms. The van der Waals surface area contributed by atoms with Gasteiger partial charge in [-0.1, -0.05) is 0 Å². The fourth-order valence-corrected chi connectivity index (χ4v) is 2.56. The molecule has 0 aromatic rings. The molecule has 2 aliphatic rings. The third kappa shape index (κ3) is 2.62. The fraction of sp³-hybridized carbons (Fsp3) is 0.917. The SMILES string of the molecule is COC1(C=O)CCN(C[C@H]2CCCO2)CC1. The van der Waals surface area contributed by atoms with Crippen molar-refractivity contribution in [2.24, 2.45) is 0 Å². The number of rotatable bonds is 4. The van der Waals surface area contributed by atoms with E-state index in [1.54, 1.807) is 7.11 Å². The lowest BCUT2D eigenvalue weighted by Gasteiger charge is -2.37. The van der Waals surface area contributed by atoms with Crippen LogP contribution in [0.2, 0.25) is 0 Å². The molecular weight excluding hydrogens is 206 g/mol. The van der Waals surface area contributed by atoms with Gasteiger partial charge in [0, 0.05) is 33.4 Å². The lowest BCUT2D eigenvalue weighted by Crippen LogP contribution is -2.48. The summed E-state index contributed by atoms with van der Waals surface area (Å²) in [5.41, 5.74) is -0.521. The molecule has 16 heavy (non-hydrogen) atoms. The molecule has 2 heterocycles. The first-order chi connectivity index (χ1) is 7.78. The third-order valence-corrected chi connectivity index (χ3v) is 3.81. The van der Waals surface area contributed by atoms with Crippen LogP contribution in [0, 0.1) is 0 Å². The van der Waals surface area contributed by atoms with Crippen molar-refractivity contribution in [3.05, 3.63) is 0 Å². The molecule has 0 saturated carbocycles. The normalized spacial score (nSPS) is 30.4. The van der Waals surface area contributed by atoms with E-state index in [1.165, 1.54) is 12.8 Å². The van der Waals surface area contributed by atoms with Crippen molar-refractivity contribution in [3.63, 3.8) is 0 Å². The molecule has 2 rings (SSSR count). The lowest BCUT2D eigenvalue weighted by atomic mass is 9.92. The van der Waals surface area contributed by atoms with Crippen LogP contribution in [-0.2, 0) is 14.3 Å². The van der Waals surface area contributed by atoms with Crippen LogP contribution in [0.5, 0.6) is 0 Å². The molecule has 2 aliphatic heterocycles. The third-order valence-electron chi connectivity index (χ3n) is 3.81. The van der Waals surface area contributed by atoms with Crippen molar-refractivity contribution < 1.29 is 14.3 Å². The Hall–Kier alpha value is -0.450. The number of nitrogens with zero attached hydrogens (tertiary/aromatic N) is 1. The first-order valence-electron chi connectivity index (χ1n) is 6.13. The van der Waals surface area contributed by atoms with Crippen LogP contribution in [0.4, 0.5) is 0 Å². The molecule has 4 heteroatoms. The molecule has 92 valence electrons. The average molecular weight is 227 g/mol. The zero-order chi connectivity index (χ0) is 11.4. The van der Waals surface area contributed by atoms with Crippen molar-refractivity contribution in [3.8, 4) is 0 Å². The van der Waals surface area contributed by atoms with Gasteiger partial charge in [0.2, 0.25) is 0 Å². The first-order valence-corrected chi connectivity index (χ1v) is 6.13. The molecule has 0 amide bonds. The molecule has 0 N–H and O–H groups in total. The number of carbonyl (C=O) groups is 1. The van der Waals surface area contributed by atoms with Gasteiger partial charge in [-0.3, -0.25) is 0 Å². The summed E-state index contributed by atoms with van der Waals surface area (Å²) in [6, 6.07) is 0. The van der Waals surface area contributed by atoms with Crippen molar-refractivity contribution >= 4 is 6.29 Å². The second-order valence-corrected chi connectivity index (χ2v) is 4.82. The lowest BCUT2D eigenvalue weighted by molar-refractivity contribution is -0.133. The maximum atomic E-state index is 11.0. The van der Waals surface area contributed by atoms with Crippen LogP contribution in [0.3, 0.4) is 0 Å². The number of likely N-dealkylation sites (tertiary alicyclic amines) is 1. The van der Waals surface area contributed by atoms with Crippen LogP contribution in [-0.4, -0.2) is 56.2 Å². The van der Waals surface area contributed by atoms with Gasteiger partial charge in [0.05, 0.1) is 6.10 Å². The molecule has 1 atom stereocenters. The average Bonchev–Trinajstić information content (AvgIpc) is 2.83. The summed E-state index contributed by atoms with van der Waals surface area (Å²) < 4.78 is 10.9. The minimum atomic E-state index is -0.521. The summed E-state index contributed by atoms with van der Waals surface area (Å²) in [5.74, 6) is 0. The van der Waals surface area contributed by atoms with Crippen LogP contribution in [0.25, 0.3) is 0 Å². The highest BCUT2D eigenvalue weighted by molar-refractivity contribution is 5.62. The van der Waals surface area contributed by atoms with Gasteiger partial charge in [-0.25, -0.2) is 0 Å². The van der Waals surface area contributed by atoms with Gasteiger partial charge in [0.25, 0.3) is 0 Å². The second kappa shape index (κ2) is 5.25. The van der Waals surface area contributed by atoms with E-state index in [1.807, 2.05) is 0 Å². The quantitative estimate of drug-likeness (QED) is 0.667. The van der Waals surface area contributed by atoms with E-state index >= 15 is 0 Å². The standard InChI is InChI=1S/C12H21NO3/c1-15-12(10-14)4-6-13(7-5-12)9-11-3-2-8-16-11/h10-11H,2-9H2,1H3/t11-/m1/s1. The number of ether oxygens (including phenoxy) is 2. The fourth-order valence-electron chi connectivity index (χ4n) is 2.56. The van der Waals surface area contributed by atoms with Gasteiger partial charge < -0.3 is 19.2 Å². The Morgan fingerprint density at radius 3 is 2.75 bits per heavy atom. The Bertz CT molecular complexity index is 230.